The number of Topliss-reactive ketones (excluding diaryl/α,β-unsaturated/α-hetero) is 1. The molecule has 80 valence electrons. The van der Waals surface area contributed by atoms with Gasteiger partial charge in [-0.3, -0.25) is 9.59 Å². The smallest absolute Gasteiger partial charge is 0.229 e. The van der Waals surface area contributed by atoms with Crippen LogP contribution >= 0.6 is 0 Å². The van der Waals surface area contributed by atoms with Crippen LogP contribution in [0.25, 0.3) is 0 Å². The third kappa shape index (κ3) is 1.52. The first kappa shape index (κ1) is 10.2. The predicted molar refractivity (Wildman–Crippen MR) is 55.1 cm³/mol. The molecule has 1 N–H and O–H groups in total. The monoisotopic (exact) mass is 216 g/mol. The van der Waals surface area contributed by atoms with Gasteiger partial charge in [0.25, 0.3) is 0 Å². The summed E-state index contributed by atoms with van der Waals surface area (Å²) < 4.78 is 0. The van der Waals surface area contributed by atoms with Gasteiger partial charge < -0.3 is 5.11 Å². The van der Waals surface area contributed by atoms with Crippen molar-refractivity contribution in [3.05, 3.63) is 47.9 Å². The van der Waals surface area contributed by atoms with Gasteiger partial charge in [0.1, 0.15) is 0 Å². The quantitative estimate of drug-likeness (QED) is 0.474. The third-order valence-corrected chi connectivity index (χ3v) is 2.25. The van der Waals surface area contributed by atoms with Gasteiger partial charge in [0.15, 0.2) is 6.29 Å². The number of ketones is 1. The van der Waals surface area contributed by atoms with Crippen LogP contribution in [-0.4, -0.2) is 22.7 Å². The summed E-state index contributed by atoms with van der Waals surface area (Å²) in [7, 11) is 0. The molecule has 0 fully saturated rings. The minimum Gasteiger partial charge on any atom is -0.492 e. The zero-order valence-corrected chi connectivity index (χ0v) is 8.20. The first-order valence-electron chi connectivity index (χ1n) is 4.59. The van der Waals surface area contributed by atoms with Crippen LogP contribution in [0.2, 0.25) is 0 Å². The number of aliphatic hydroxyl groups excluding tert-OH is 1. The first-order chi connectivity index (χ1) is 7.68. The van der Waals surface area contributed by atoms with Crippen LogP contribution < -0.4 is 0 Å². The number of hydrogen-bond donors (Lipinski definition) is 1. The average Bonchev–Trinajstić information content (AvgIpc) is 2.72. The largest absolute Gasteiger partial charge is 0.492 e. The molecule has 1 aliphatic heterocycles. The Morgan fingerprint density at radius 3 is 2.50 bits per heavy atom. The Morgan fingerprint density at radius 1 is 1.31 bits per heavy atom. The number of aldehydes is 1. The molecule has 1 heterocycles. The number of carbonyl (C=O) groups excluding carboxylic acids is 2. The molecule has 1 aromatic rings. The third-order valence-electron chi connectivity index (χ3n) is 2.25. The van der Waals surface area contributed by atoms with Gasteiger partial charge >= 0.3 is 0 Å². The van der Waals surface area contributed by atoms with Gasteiger partial charge in [0.2, 0.25) is 17.2 Å². The molecule has 1 aromatic carbocycles. The molecule has 0 aromatic heterocycles. The fourth-order valence-electron chi connectivity index (χ4n) is 1.43. The SMILES string of the molecule is O=CC1(C(=O)c2ccccc2)C=C(O)N=N1. The van der Waals surface area contributed by atoms with Gasteiger partial charge in [-0.05, 0) is 0 Å². The highest BCUT2D eigenvalue weighted by molar-refractivity contribution is 6.14. The van der Waals surface area contributed by atoms with E-state index in [9.17, 15) is 9.59 Å². The van der Waals surface area contributed by atoms with E-state index in [1.807, 2.05) is 0 Å². The Bertz CT molecular complexity index is 493. The topological polar surface area (TPSA) is 79.1 Å². The van der Waals surface area contributed by atoms with E-state index in [4.69, 9.17) is 5.11 Å². The van der Waals surface area contributed by atoms with Crippen LogP contribution in [0, 0.1) is 0 Å². The number of carbonyl (C=O) groups is 2. The van der Waals surface area contributed by atoms with Crippen molar-refractivity contribution < 1.29 is 14.7 Å². The summed E-state index contributed by atoms with van der Waals surface area (Å²) in [6.45, 7) is 0. The molecule has 0 spiro atoms. The zero-order chi connectivity index (χ0) is 11.6. The van der Waals surface area contributed by atoms with Crippen molar-refractivity contribution in [2.75, 3.05) is 0 Å². The van der Waals surface area contributed by atoms with Crippen molar-refractivity contribution in [2.45, 2.75) is 5.54 Å². The van der Waals surface area contributed by atoms with Crippen molar-refractivity contribution in [3.8, 4) is 0 Å². The Balaban J connectivity index is 2.42. The second-order valence-electron chi connectivity index (χ2n) is 3.34. The van der Waals surface area contributed by atoms with Gasteiger partial charge in [-0.25, -0.2) is 0 Å². The van der Waals surface area contributed by atoms with Crippen LogP contribution in [0.5, 0.6) is 0 Å². The molecule has 0 aliphatic carbocycles. The van der Waals surface area contributed by atoms with Gasteiger partial charge in [-0.15, -0.1) is 5.11 Å². The number of benzene rings is 1. The van der Waals surface area contributed by atoms with E-state index >= 15 is 0 Å². The maximum Gasteiger partial charge on any atom is 0.229 e. The van der Waals surface area contributed by atoms with Crippen LogP contribution in [0.4, 0.5) is 0 Å². The summed E-state index contributed by atoms with van der Waals surface area (Å²) in [4.78, 5) is 23.0. The van der Waals surface area contributed by atoms with E-state index in [0.29, 0.717) is 11.8 Å². The van der Waals surface area contributed by atoms with Crippen molar-refractivity contribution in [1.29, 1.82) is 0 Å². The summed E-state index contributed by atoms with van der Waals surface area (Å²) in [5.74, 6) is -0.924. The van der Waals surface area contributed by atoms with Crippen LogP contribution in [-0.2, 0) is 4.79 Å². The minimum absolute atomic E-state index is 0.347. The lowest BCUT2D eigenvalue weighted by molar-refractivity contribution is -0.109. The molecule has 0 saturated carbocycles. The summed E-state index contributed by atoms with van der Waals surface area (Å²) in [6.07, 6.45) is 1.41. The summed E-state index contributed by atoms with van der Waals surface area (Å²) in [5.41, 5.74) is -1.36. The fraction of sp³-hybridized carbons (Fsp3) is 0.0909. The Kier molecular flexibility index (Phi) is 2.36. The first-order valence-corrected chi connectivity index (χ1v) is 4.59. The standard InChI is InChI=1S/C11H8N2O3/c14-7-11(6-9(15)12-13-11)10(16)8-4-2-1-3-5-8/h1-7,15H. The molecule has 2 rings (SSSR count). The highest BCUT2D eigenvalue weighted by Crippen LogP contribution is 2.25. The van der Waals surface area contributed by atoms with Gasteiger partial charge in [0.05, 0.1) is 0 Å². The number of aliphatic hydroxyl groups is 1. The molecule has 5 nitrogen and oxygen atoms in total. The van der Waals surface area contributed by atoms with E-state index in [0.717, 1.165) is 6.08 Å². The Hall–Kier alpha value is -2.30. The van der Waals surface area contributed by atoms with Crippen LogP contribution in [0.1, 0.15) is 10.4 Å². The molecule has 5 heteroatoms. The number of nitrogens with zero attached hydrogens (tertiary/aromatic N) is 2. The van der Waals surface area contributed by atoms with E-state index in [1.54, 1.807) is 30.3 Å². The second-order valence-corrected chi connectivity index (χ2v) is 3.34. The van der Waals surface area contributed by atoms with Crippen molar-refractivity contribution >= 4 is 12.1 Å². The maximum atomic E-state index is 12.0. The highest BCUT2D eigenvalue weighted by atomic mass is 16.3. The highest BCUT2D eigenvalue weighted by Gasteiger charge is 2.41. The second kappa shape index (κ2) is 3.69. The van der Waals surface area contributed by atoms with Gasteiger partial charge in [-0.1, -0.05) is 30.3 Å². The summed E-state index contributed by atoms with van der Waals surface area (Å²) in [5, 5.41) is 15.9. The molecule has 0 bridgehead atoms. The lowest BCUT2D eigenvalue weighted by Crippen LogP contribution is -2.35. The Morgan fingerprint density at radius 2 is 2.00 bits per heavy atom. The van der Waals surface area contributed by atoms with Gasteiger partial charge in [-0.2, -0.15) is 5.11 Å². The molecule has 1 unspecified atom stereocenters. The lowest BCUT2D eigenvalue weighted by Gasteiger charge is -2.12. The molecule has 1 atom stereocenters. The van der Waals surface area contributed by atoms with Crippen LogP contribution in [0.3, 0.4) is 0 Å². The number of hydrogen-bond acceptors (Lipinski definition) is 5. The van der Waals surface area contributed by atoms with E-state index in [1.165, 1.54) is 0 Å². The van der Waals surface area contributed by atoms with Crippen molar-refractivity contribution in [3.63, 3.8) is 0 Å². The molecular formula is C11H8N2O3. The summed E-state index contributed by atoms with van der Waals surface area (Å²) in [6, 6.07) is 8.27. The van der Waals surface area contributed by atoms with Crippen LogP contribution in [0.15, 0.2) is 52.5 Å². The van der Waals surface area contributed by atoms with E-state index in [-0.39, 0.29) is 0 Å². The fourth-order valence-corrected chi connectivity index (χ4v) is 1.43. The molecule has 16 heavy (non-hydrogen) atoms. The zero-order valence-electron chi connectivity index (χ0n) is 8.20. The normalized spacial score (nSPS) is 22.9. The maximum absolute atomic E-state index is 12.0. The predicted octanol–water partition coefficient (Wildman–Crippen LogP) is 1.67. The van der Waals surface area contributed by atoms with E-state index in [2.05, 4.69) is 10.2 Å². The van der Waals surface area contributed by atoms with Crippen molar-refractivity contribution in [1.82, 2.24) is 0 Å². The van der Waals surface area contributed by atoms with Gasteiger partial charge in [0, 0.05) is 11.6 Å². The molecule has 0 saturated heterocycles. The average molecular weight is 216 g/mol. The Labute approximate surface area is 91.1 Å². The minimum atomic E-state index is -1.70. The van der Waals surface area contributed by atoms with E-state index < -0.39 is 17.2 Å². The molecule has 1 aliphatic rings. The number of rotatable bonds is 3. The molecular weight excluding hydrogens is 208 g/mol. The lowest BCUT2D eigenvalue weighted by atomic mass is 9.92. The van der Waals surface area contributed by atoms with Crippen molar-refractivity contribution in [2.24, 2.45) is 10.2 Å². The summed E-state index contributed by atoms with van der Waals surface area (Å²) >= 11 is 0. The molecule has 0 radical (unpaired) electrons. The number of azo groups is 1. The molecule has 0 amide bonds.